The smallest absolute Gasteiger partial charge is 0.251 e. The molecule has 0 bridgehead atoms. The van der Waals surface area contributed by atoms with Gasteiger partial charge in [-0.05, 0) is 43.2 Å². The van der Waals surface area contributed by atoms with E-state index in [4.69, 9.17) is 0 Å². The van der Waals surface area contributed by atoms with Gasteiger partial charge in [0.25, 0.3) is 5.91 Å². The van der Waals surface area contributed by atoms with Gasteiger partial charge in [-0.3, -0.25) is 4.79 Å². The highest BCUT2D eigenvalue weighted by molar-refractivity contribution is 7.18. The number of hydrogen-bond donors (Lipinski definition) is 1. The van der Waals surface area contributed by atoms with Crippen LogP contribution in [0.1, 0.15) is 28.7 Å². The summed E-state index contributed by atoms with van der Waals surface area (Å²) in [5.74, 6) is 0.957. The number of aromatic nitrogens is 2. The minimum Gasteiger partial charge on any atom is -0.354 e. The van der Waals surface area contributed by atoms with Crippen molar-refractivity contribution in [3.63, 3.8) is 0 Å². The molecule has 2 aromatic heterocycles. The molecule has 25 heavy (non-hydrogen) atoms. The van der Waals surface area contributed by atoms with E-state index in [0.717, 1.165) is 47.0 Å². The molecule has 6 heteroatoms. The van der Waals surface area contributed by atoms with Crippen molar-refractivity contribution in [2.45, 2.75) is 25.8 Å². The number of nitrogens with one attached hydrogen (secondary N) is 1. The van der Waals surface area contributed by atoms with Crippen LogP contribution in [-0.4, -0.2) is 35.0 Å². The number of anilines is 1. The van der Waals surface area contributed by atoms with Crippen LogP contribution in [-0.2, 0) is 6.42 Å². The van der Waals surface area contributed by atoms with E-state index in [1.165, 1.54) is 0 Å². The number of carbonyl (C=O) groups excluding carboxylic acids is 1. The SMILES string of the molecule is CCc1nc2ccc(C(=O)NC3CCN(c4ccccn4)C3)cc2s1. The fourth-order valence-corrected chi connectivity index (χ4v) is 4.11. The van der Waals surface area contributed by atoms with E-state index in [-0.39, 0.29) is 11.9 Å². The Morgan fingerprint density at radius 3 is 3.08 bits per heavy atom. The second-order valence-corrected chi connectivity index (χ2v) is 7.35. The first-order valence-electron chi connectivity index (χ1n) is 8.59. The van der Waals surface area contributed by atoms with Gasteiger partial charge in [0.1, 0.15) is 5.82 Å². The number of carbonyl (C=O) groups is 1. The van der Waals surface area contributed by atoms with E-state index in [0.29, 0.717) is 5.56 Å². The van der Waals surface area contributed by atoms with Crippen molar-refractivity contribution in [2.24, 2.45) is 0 Å². The molecule has 4 rings (SSSR count). The summed E-state index contributed by atoms with van der Waals surface area (Å²) in [6, 6.07) is 11.8. The summed E-state index contributed by atoms with van der Waals surface area (Å²) in [6.07, 6.45) is 3.66. The van der Waals surface area contributed by atoms with E-state index in [2.05, 4.69) is 27.1 Å². The highest BCUT2D eigenvalue weighted by atomic mass is 32.1. The molecule has 128 valence electrons. The molecule has 1 unspecified atom stereocenters. The summed E-state index contributed by atoms with van der Waals surface area (Å²) < 4.78 is 1.08. The number of fused-ring (bicyclic) bond motifs is 1. The second kappa shape index (κ2) is 6.80. The third-order valence-electron chi connectivity index (χ3n) is 4.49. The Morgan fingerprint density at radius 1 is 1.36 bits per heavy atom. The van der Waals surface area contributed by atoms with Crippen LogP contribution in [0.4, 0.5) is 5.82 Å². The van der Waals surface area contributed by atoms with Crippen molar-refractivity contribution < 1.29 is 4.79 Å². The van der Waals surface area contributed by atoms with Crippen molar-refractivity contribution in [2.75, 3.05) is 18.0 Å². The lowest BCUT2D eigenvalue weighted by molar-refractivity contribution is 0.0940. The third kappa shape index (κ3) is 3.35. The van der Waals surface area contributed by atoms with Crippen molar-refractivity contribution in [3.05, 3.63) is 53.2 Å². The number of rotatable bonds is 4. The van der Waals surface area contributed by atoms with Gasteiger partial charge in [0.15, 0.2) is 0 Å². The number of nitrogens with zero attached hydrogens (tertiary/aromatic N) is 3. The molecule has 3 aromatic rings. The molecule has 5 nitrogen and oxygen atoms in total. The van der Waals surface area contributed by atoms with Gasteiger partial charge < -0.3 is 10.2 Å². The van der Waals surface area contributed by atoms with Crippen molar-refractivity contribution in [3.8, 4) is 0 Å². The van der Waals surface area contributed by atoms with Crippen LogP contribution in [0.25, 0.3) is 10.2 Å². The Labute approximate surface area is 150 Å². The van der Waals surface area contributed by atoms with Crippen LogP contribution in [0.3, 0.4) is 0 Å². The fraction of sp³-hybridized carbons (Fsp3) is 0.316. The van der Waals surface area contributed by atoms with Gasteiger partial charge in [-0.15, -0.1) is 11.3 Å². The number of aryl methyl sites for hydroxylation is 1. The standard InChI is InChI=1S/C19H20N4OS/c1-2-18-22-15-7-6-13(11-16(15)25-18)19(24)21-14-8-10-23(12-14)17-5-3-4-9-20-17/h3-7,9,11,14H,2,8,10,12H2,1H3,(H,21,24). The molecule has 1 atom stereocenters. The highest BCUT2D eigenvalue weighted by Crippen LogP contribution is 2.24. The van der Waals surface area contributed by atoms with Gasteiger partial charge in [0.05, 0.1) is 15.2 Å². The van der Waals surface area contributed by atoms with Crippen LogP contribution in [0.2, 0.25) is 0 Å². The van der Waals surface area contributed by atoms with Gasteiger partial charge in [-0.2, -0.15) is 0 Å². The summed E-state index contributed by atoms with van der Waals surface area (Å²) in [7, 11) is 0. The Bertz CT molecular complexity index is 893. The third-order valence-corrected chi connectivity index (χ3v) is 5.66. The molecule has 3 heterocycles. The molecule has 1 aromatic carbocycles. The number of hydrogen-bond acceptors (Lipinski definition) is 5. The van der Waals surface area contributed by atoms with E-state index in [1.54, 1.807) is 17.5 Å². The molecule has 1 N–H and O–H groups in total. The summed E-state index contributed by atoms with van der Waals surface area (Å²) >= 11 is 1.66. The highest BCUT2D eigenvalue weighted by Gasteiger charge is 2.25. The molecule has 0 radical (unpaired) electrons. The number of pyridine rings is 1. The Balaban J connectivity index is 1.44. The summed E-state index contributed by atoms with van der Waals surface area (Å²) in [5, 5.41) is 4.26. The lowest BCUT2D eigenvalue weighted by atomic mass is 10.2. The van der Waals surface area contributed by atoms with Crippen LogP contribution in [0.15, 0.2) is 42.6 Å². The minimum atomic E-state index is -0.0128. The molecule has 0 spiro atoms. The van der Waals surface area contributed by atoms with Gasteiger partial charge in [0, 0.05) is 30.9 Å². The minimum absolute atomic E-state index is 0.0128. The van der Waals surface area contributed by atoms with Gasteiger partial charge in [0.2, 0.25) is 0 Å². The lowest BCUT2D eigenvalue weighted by Gasteiger charge is -2.17. The maximum atomic E-state index is 12.6. The number of amides is 1. The number of benzene rings is 1. The van der Waals surface area contributed by atoms with Crippen LogP contribution in [0.5, 0.6) is 0 Å². The Kier molecular flexibility index (Phi) is 4.36. The molecule has 0 aliphatic carbocycles. The monoisotopic (exact) mass is 352 g/mol. The Morgan fingerprint density at radius 2 is 2.28 bits per heavy atom. The molecule has 1 fully saturated rings. The molecule has 1 saturated heterocycles. The van der Waals surface area contributed by atoms with Crippen molar-refractivity contribution in [1.82, 2.24) is 15.3 Å². The predicted molar refractivity (Wildman–Crippen MR) is 101 cm³/mol. The zero-order chi connectivity index (χ0) is 17.2. The second-order valence-electron chi connectivity index (χ2n) is 6.24. The first-order chi connectivity index (χ1) is 12.2. The largest absolute Gasteiger partial charge is 0.354 e. The van der Waals surface area contributed by atoms with E-state index in [9.17, 15) is 4.79 Å². The Hall–Kier alpha value is -2.47. The predicted octanol–water partition coefficient (Wildman–Crippen LogP) is 3.26. The molecular formula is C19H20N4OS. The summed E-state index contributed by atoms with van der Waals surface area (Å²) in [4.78, 5) is 23.8. The topological polar surface area (TPSA) is 58.1 Å². The lowest BCUT2D eigenvalue weighted by Crippen LogP contribution is -2.37. The summed E-state index contributed by atoms with van der Waals surface area (Å²) in [6.45, 7) is 3.81. The van der Waals surface area contributed by atoms with Gasteiger partial charge in [-0.1, -0.05) is 13.0 Å². The van der Waals surface area contributed by atoms with E-state index in [1.807, 2.05) is 36.4 Å². The average Bonchev–Trinajstić information content (AvgIpc) is 3.28. The summed E-state index contributed by atoms with van der Waals surface area (Å²) in [5.41, 5.74) is 1.68. The number of thiazole rings is 1. The molecule has 1 aliphatic rings. The maximum absolute atomic E-state index is 12.6. The molecular weight excluding hydrogens is 332 g/mol. The first-order valence-corrected chi connectivity index (χ1v) is 9.41. The van der Waals surface area contributed by atoms with Crippen molar-refractivity contribution in [1.29, 1.82) is 0 Å². The zero-order valence-electron chi connectivity index (χ0n) is 14.1. The fourth-order valence-electron chi connectivity index (χ4n) is 3.16. The normalized spacial score (nSPS) is 17.2. The quantitative estimate of drug-likeness (QED) is 0.783. The van der Waals surface area contributed by atoms with Crippen molar-refractivity contribution >= 4 is 33.3 Å². The van der Waals surface area contributed by atoms with Crippen LogP contribution >= 0.6 is 11.3 Å². The average molecular weight is 352 g/mol. The van der Waals surface area contributed by atoms with Crippen LogP contribution < -0.4 is 10.2 Å². The molecule has 1 amide bonds. The van der Waals surface area contributed by atoms with E-state index >= 15 is 0 Å². The van der Waals surface area contributed by atoms with Gasteiger partial charge >= 0.3 is 0 Å². The van der Waals surface area contributed by atoms with Gasteiger partial charge in [-0.25, -0.2) is 9.97 Å². The van der Waals surface area contributed by atoms with Crippen LogP contribution in [0, 0.1) is 0 Å². The first kappa shape index (κ1) is 16.0. The molecule has 1 aliphatic heterocycles. The zero-order valence-corrected chi connectivity index (χ0v) is 14.9. The maximum Gasteiger partial charge on any atom is 0.251 e. The molecule has 0 saturated carbocycles. The van der Waals surface area contributed by atoms with E-state index < -0.39 is 0 Å².